The highest BCUT2D eigenvalue weighted by molar-refractivity contribution is 5.96. The zero-order valence-electron chi connectivity index (χ0n) is 26.4. The molecular weight excluding hydrogens is 541 g/mol. The summed E-state index contributed by atoms with van der Waals surface area (Å²) in [5.41, 5.74) is 2.35. The fourth-order valence-corrected chi connectivity index (χ4v) is 8.10. The number of aryl methyl sites for hydroxylation is 2. The highest BCUT2D eigenvalue weighted by Gasteiger charge is 2.56. The Kier molecular flexibility index (Phi) is 7.99. The van der Waals surface area contributed by atoms with Crippen LogP contribution in [0.5, 0.6) is 5.75 Å². The number of fused-ring (bicyclic) bond motifs is 3. The first-order chi connectivity index (χ1) is 20.5. The molecule has 0 spiro atoms. The minimum atomic E-state index is -0.338. The Bertz CT molecular complexity index is 1570. The molecule has 4 fully saturated rings. The number of aliphatic imine (C=N–C) groups is 1. The Morgan fingerprint density at radius 2 is 1.86 bits per heavy atom. The molecule has 0 amide bonds. The number of likely N-dealkylation sites (tertiary alicyclic amines) is 1. The second-order valence-corrected chi connectivity index (χ2v) is 14.1. The number of methoxy groups -OCH3 is 1. The quantitative estimate of drug-likeness (QED) is 0.260. The average molecular weight is 588 g/mol. The number of hydrogen-bond acceptors (Lipinski definition) is 4. The van der Waals surface area contributed by atoms with Crippen LogP contribution in [0, 0.1) is 40.8 Å². The highest BCUT2D eigenvalue weighted by Crippen LogP contribution is 2.61. The molecule has 0 radical (unpaired) electrons. The molecule has 1 aromatic heterocycles. The lowest BCUT2D eigenvalue weighted by molar-refractivity contribution is -0.108. The number of nitrogens with one attached hydrogen (secondary N) is 1. The van der Waals surface area contributed by atoms with Gasteiger partial charge in [0.1, 0.15) is 11.6 Å². The summed E-state index contributed by atoms with van der Waals surface area (Å²) in [6.45, 7) is 14.2. The fourth-order valence-electron chi connectivity index (χ4n) is 8.10. The second-order valence-electron chi connectivity index (χ2n) is 14.1. The van der Waals surface area contributed by atoms with E-state index in [9.17, 15) is 9.18 Å². The molecule has 3 saturated carbocycles. The maximum atomic E-state index is 14.4. The zero-order valence-corrected chi connectivity index (χ0v) is 26.4. The lowest BCUT2D eigenvalue weighted by Gasteiger charge is -2.61. The summed E-state index contributed by atoms with van der Waals surface area (Å²) in [6.07, 6.45) is 5.67. The van der Waals surface area contributed by atoms with Crippen LogP contribution in [0.2, 0.25) is 0 Å². The second kappa shape index (κ2) is 11.6. The minimum absolute atomic E-state index is 0.129. The van der Waals surface area contributed by atoms with Gasteiger partial charge >= 0.3 is 0 Å². The van der Waals surface area contributed by atoms with Crippen LogP contribution in [0.25, 0.3) is 10.9 Å². The maximum Gasteiger partial charge on any atom is 0.261 e. The van der Waals surface area contributed by atoms with E-state index >= 15 is 0 Å². The third-order valence-corrected chi connectivity index (χ3v) is 10.7. The van der Waals surface area contributed by atoms with Crippen molar-refractivity contribution < 1.29 is 9.13 Å². The van der Waals surface area contributed by atoms with Gasteiger partial charge in [0, 0.05) is 31.4 Å². The number of nitrogens with zero attached hydrogens (tertiary/aromatic N) is 4. The van der Waals surface area contributed by atoms with Crippen LogP contribution in [0.1, 0.15) is 59.4 Å². The fraction of sp³-hybridized carbons (Fsp3) is 0.571. The molecule has 7 nitrogen and oxygen atoms in total. The molecule has 4 aliphatic rings. The van der Waals surface area contributed by atoms with E-state index in [2.05, 4.69) is 49.8 Å². The third kappa shape index (κ3) is 5.77. The van der Waals surface area contributed by atoms with E-state index in [1.54, 1.807) is 23.0 Å². The molecule has 2 heterocycles. The molecule has 230 valence electrons. The van der Waals surface area contributed by atoms with Crippen molar-refractivity contribution in [3.63, 3.8) is 0 Å². The predicted octanol–water partition coefficient (Wildman–Crippen LogP) is 6.60. The first-order valence-corrected chi connectivity index (χ1v) is 15.9. The Labute approximate surface area is 254 Å². The monoisotopic (exact) mass is 587 g/mol. The SMILES string of the molecule is COc1ccc(CCn2cnc3cc(NC(=NC4C[C@@H]5C[C@H]([C@@H]4C)C5(C)C)N4CC(C)CC(C)C4)ccc3c2=O)c(F)c1. The van der Waals surface area contributed by atoms with Gasteiger partial charge in [0.2, 0.25) is 0 Å². The molecular formula is C35H46FN5O2. The topological polar surface area (TPSA) is 71.8 Å². The number of guanidine groups is 1. The van der Waals surface area contributed by atoms with Gasteiger partial charge in [-0.15, -0.1) is 0 Å². The van der Waals surface area contributed by atoms with E-state index < -0.39 is 0 Å². The molecule has 1 saturated heterocycles. The summed E-state index contributed by atoms with van der Waals surface area (Å²) in [5.74, 6) is 4.33. The molecule has 7 rings (SSSR count). The van der Waals surface area contributed by atoms with Crippen LogP contribution in [-0.2, 0) is 13.0 Å². The van der Waals surface area contributed by atoms with E-state index in [0.29, 0.717) is 64.4 Å². The van der Waals surface area contributed by atoms with E-state index in [-0.39, 0.29) is 11.4 Å². The highest BCUT2D eigenvalue weighted by atomic mass is 19.1. The van der Waals surface area contributed by atoms with Crippen molar-refractivity contribution in [2.24, 2.45) is 40.0 Å². The van der Waals surface area contributed by atoms with Crippen molar-refractivity contribution in [3.8, 4) is 5.75 Å². The molecule has 6 atom stereocenters. The number of benzene rings is 2. The van der Waals surface area contributed by atoms with Crippen molar-refractivity contribution in [2.45, 2.75) is 72.9 Å². The number of piperidine rings is 1. The van der Waals surface area contributed by atoms with Crippen molar-refractivity contribution in [3.05, 3.63) is 64.5 Å². The predicted molar refractivity (Wildman–Crippen MR) is 171 cm³/mol. The third-order valence-electron chi connectivity index (χ3n) is 10.7. The summed E-state index contributed by atoms with van der Waals surface area (Å²) < 4.78 is 21.1. The average Bonchev–Trinajstić information content (AvgIpc) is 2.97. The number of hydrogen-bond donors (Lipinski definition) is 1. The van der Waals surface area contributed by atoms with Gasteiger partial charge in [0.15, 0.2) is 5.96 Å². The molecule has 3 unspecified atom stereocenters. The minimum Gasteiger partial charge on any atom is -0.497 e. The van der Waals surface area contributed by atoms with Crippen LogP contribution in [-0.4, -0.2) is 46.7 Å². The number of rotatable bonds is 6. The zero-order chi connectivity index (χ0) is 30.5. The van der Waals surface area contributed by atoms with E-state index in [1.165, 1.54) is 26.0 Å². The molecule has 3 aromatic rings. The van der Waals surface area contributed by atoms with Crippen LogP contribution >= 0.6 is 0 Å². The molecule has 8 heteroatoms. The van der Waals surface area contributed by atoms with Gasteiger partial charge in [-0.05, 0) is 90.5 Å². The van der Waals surface area contributed by atoms with Crippen molar-refractivity contribution >= 4 is 22.5 Å². The summed E-state index contributed by atoms with van der Waals surface area (Å²) in [6, 6.07) is 10.9. The van der Waals surface area contributed by atoms with Gasteiger partial charge in [-0.25, -0.2) is 14.4 Å². The van der Waals surface area contributed by atoms with Crippen LogP contribution in [0.3, 0.4) is 0 Å². The lowest BCUT2D eigenvalue weighted by Crippen LogP contribution is -2.57. The van der Waals surface area contributed by atoms with Gasteiger partial charge in [-0.2, -0.15) is 0 Å². The van der Waals surface area contributed by atoms with Crippen molar-refractivity contribution in [1.29, 1.82) is 0 Å². The molecule has 2 aromatic carbocycles. The van der Waals surface area contributed by atoms with Gasteiger partial charge < -0.3 is 15.0 Å². The van der Waals surface area contributed by atoms with E-state index in [0.717, 1.165) is 43.0 Å². The Morgan fingerprint density at radius 3 is 2.53 bits per heavy atom. The summed E-state index contributed by atoms with van der Waals surface area (Å²) in [4.78, 5) is 25.8. The van der Waals surface area contributed by atoms with Gasteiger partial charge in [0.05, 0.1) is 30.4 Å². The Hall–Kier alpha value is -3.42. The number of aromatic nitrogens is 2. The lowest BCUT2D eigenvalue weighted by atomic mass is 9.45. The van der Waals surface area contributed by atoms with Crippen molar-refractivity contribution in [2.75, 3.05) is 25.5 Å². The molecule has 43 heavy (non-hydrogen) atoms. The standard InChI is InChI=1S/C35H46FN5O2/c1-21-13-22(2)19-41(18-21)34(39-31-15-25-14-29(23(31)3)35(25,4)5)38-26-8-10-28-32(16-26)37-20-40(33(28)42)12-11-24-7-9-27(43-6)17-30(24)36/h7-10,16-17,20-23,25,29,31H,11-15,18-19H2,1-6H3,(H,38,39)/t21?,22?,23-,25-,29+,31?/m0/s1. The summed E-state index contributed by atoms with van der Waals surface area (Å²) in [7, 11) is 1.51. The van der Waals surface area contributed by atoms with Gasteiger partial charge in [-0.1, -0.05) is 40.7 Å². The van der Waals surface area contributed by atoms with Gasteiger partial charge in [0.25, 0.3) is 5.56 Å². The van der Waals surface area contributed by atoms with Crippen molar-refractivity contribution in [1.82, 2.24) is 14.5 Å². The first-order valence-electron chi connectivity index (χ1n) is 15.9. The van der Waals surface area contributed by atoms with E-state index in [4.69, 9.17) is 9.73 Å². The van der Waals surface area contributed by atoms with Crippen LogP contribution in [0.4, 0.5) is 10.1 Å². The number of anilines is 1. The smallest absolute Gasteiger partial charge is 0.261 e. The molecule has 2 bridgehead atoms. The first kappa shape index (κ1) is 29.6. The Balaban J connectivity index is 1.23. The normalized spacial score (nSPS) is 28.4. The molecule has 1 N–H and O–H groups in total. The largest absolute Gasteiger partial charge is 0.497 e. The van der Waals surface area contributed by atoms with E-state index in [1.807, 2.05) is 18.2 Å². The number of halogens is 1. The van der Waals surface area contributed by atoms with Gasteiger partial charge in [-0.3, -0.25) is 9.36 Å². The van der Waals surface area contributed by atoms with Crippen LogP contribution < -0.4 is 15.6 Å². The van der Waals surface area contributed by atoms with Crippen LogP contribution in [0.15, 0.2) is 52.5 Å². The Morgan fingerprint density at radius 1 is 1.09 bits per heavy atom. The molecule has 3 aliphatic carbocycles. The summed E-state index contributed by atoms with van der Waals surface area (Å²) >= 11 is 0. The summed E-state index contributed by atoms with van der Waals surface area (Å²) in [5, 5.41) is 4.22. The number of ether oxygens (including phenoxy) is 1. The molecule has 1 aliphatic heterocycles. The maximum absolute atomic E-state index is 14.4.